The summed E-state index contributed by atoms with van der Waals surface area (Å²) in [5.74, 6) is 1.00. The third-order valence-electron chi connectivity index (χ3n) is 2.43. The summed E-state index contributed by atoms with van der Waals surface area (Å²) in [5.41, 5.74) is 1.13. The first-order valence-electron chi connectivity index (χ1n) is 5.23. The lowest BCUT2D eigenvalue weighted by Gasteiger charge is -2.08. The van der Waals surface area contributed by atoms with Crippen LogP contribution in [0.1, 0.15) is 0 Å². The van der Waals surface area contributed by atoms with Crippen LogP contribution < -0.4 is 5.32 Å². The van der Waals surface area contributed by atoms with E-state index in [0.29, 0.717) is 0 Å². The molecule has 2 aromatic rings. The maximum atomic E-state index is 4.41. The molecule has 1 aromatic heterocycles. The lowest BCUT2D eigenvalue weighted by atomic mass is 10.2. The fourth-order valence-electron chi connectivity index (χ4n) is 1.61. The van der Waals surface area contributed by atoms with Gasteiger partial charge in [-0.1, -0.05) is 34.1 Å². The van der Waals surface area contributed by atoms with Crippen molar-refractivity contribution in [2.24, 2.45) is 0 Å². The molecule has 0 aliphatic heterocycles. The summed E-state index contributed by atoms with van der Waals surface area (Å²) in [6.45, 7) is 1.86. The fraction of sp³-hybridized carbons (Fsp3) is 0.250. The number of benzene rings is 1. The maximum Gasteiger partial charge on any atom is 0.141 e. The Morgan fingerprint density at radius 3 is 2.94 bits per heavy atom. The highest BCUT2D eigenvalue weighted by Crippen LogP contribution is 2.26. The molecule has 3 nitrogen and oxygen atoms in total. The predicted molar refractivity (Wildman–Crippen MR) is 69.3 cm³/mol. The van der Waals surface area contributed by atoms with E-state index in [1.807, 2.05) is 37.6 Å². The molecule has 0 aliphatic rings. The number of hydrogen-bond acceptors (Lipinski definition) is 2. The number of rotatable bonds is 4. The van der Waals surface area contributed by atoms with E-state index in [1.54, 1.807) is 0 Å². The van der Waals surface area contributed by atoms with E-state index in [9.17, 15) is 0 Å². The van der Waals surface area contributed by atoms with Crippen molar-refractivity contribution >= 4 is 15.9 Å². The molecule has 0 bridgehead atoms. The van der Waals surface area contributed by atoms with Gasteiger partial charge in [0.2, 0.25) is 0 Å². The SMILES string of the molecule is CNCCn1ccnc1-c1ccccc1Br. The summed E-state index contributed by atoms with van der Waals surface area (Å²) in [5, 5.41) is 3.14. The molecule has 0 spiro atoms. The molecule has 1 heterocycles. The first kappa shape index (κ1) is 11.4. The van der Waals surface area contributed by atoms with Crippen LogP contribution in [0.2, 0.25) is 0 Å². The standard InChI is InChI=1S/C12H14BrN3/c1-14-6-8-16-9-7-15-12(16)10-4-2-3-5-11(10)13/h2-5,7,9,14H,6,8H2,1H3. The van der Waals surface area contributed by atoms with Gasteiger partial charge in [-0.3, -0.25) is 0 Å². The molecule has 1 aromatic carbocycles. The van der Waals surface area contributed by atoms with Crippen molar-refractivity contribution in [2.75, 3.05) is 13.6 Å². The Hall–Kier alpha value is -1.13. The number of hydrogen-bond donors (Lipinski definition) is 1. The quantitative estimate of drug-likeness (QED) is 0.932. The molecular formula is C12H14BrN3. The van der Waals surface area contributed by atoms with Gasteiger partial charge in [-0.25, -0.2) is 4.98 Å². The van der Waals surface area contributed by atoms with Crippen LogP contribution in [0.15, 0.2) is 41.1 Å². The van der Waals surface area contributed by atoms with Gasteiger partial charge in [0.05, 0.1) is 0 Å². The van der Waals surface area contributed by atoms with Gasteiger partial charge in [0.1, 0.15) is 5.82 Å². The van der Waals surface area contributed by atoms with Crippen molar-refractivity contribution in [3.05, 3.63) is 41.1 Å². The van der Waals surface area contributed by atoms with Crippen molar-refractivity contribution in [2.45, 2.75) is 6.54 Å². The maximum absolute atomic E-state index is 4.41. The lowest BCUT2D eigenvalue weighted by molar-refractivity contribution is 0.649. The summed E-state index contributed by atoms with van der Waals surface area (Å²) < 4.78 is 3.23. The number of nitrogens with one attached hydrogen (secondary N) is 1. The summed E-state index contributed by atoms with van der Waals surface area (Å²) in [6.07, 6.45) is 3.84. The van der Waals surface area contributed by atoms with Crippen LogP contribution in [0.3, 0.4) is 0 Å². The second-order valence-electron chi connectivity index (χ2n) is 3.53. The minimum Gasteiger partial charge on any atom is -0.330 e. The second kappa shape index (κ2) is 5.27. The first-order chi connectivity index (χ1) is 7.83. The summed E-state index contributed by atoms with van der Waals surface area (Å²) in [6, 6.07) is 8.14. The number of likely N-dealkylation sites (N-methyl/N-ethyl adjacent to an activating group) is 1. The molecule has 0 aliphatic carbocycles. The number of aromatic nitrogens is 2. The summed E-state index contributed by atoms with van der Waals surface area (Å²) >= 11 is 3.55. The van der Waals surface area contributed by atoms with E-state index >= 15 is 0 Å². The number of nitrogens with zero attached hydrogens (tertiary/aromatic N) is 2. The summed E-state index contributed by atoms with van der Waals surface area (Å²) in [4.78, 5) is 4.41. The van der Waals surface area contributed by atoms with E-state index in [1.165, 1.54) is 0 Å². The van der Waals surface area contributed by atoms with Crippen LogP contribution in [0, 0.1) is 0 Å². The van der Waals surface area contributed by atoms with E-state index in [2.05, 4.69) is 36.9 Å². The molecule has 0 atom stereocenters. The van der Waals surface area contributed by atoms with Crippen LogP contribution in [-0.2, 0) is 6.54 Å². The minimum absolute atomic E-state index is 0.924. The Bertz CT molecular complexity index is 465. The molecule has 2 rings (SSSR count). The summed E-state index contributed by atoms with van der Waals surface area (Å²) in [7, 11) is 1.95. The van der Waals surface area contributed by atoms with Crippen LogP contribution in [-0.4, -0.2) is 23.1 Å². The van der Waals surface area contributed by atoms with Crippen LogP contribution in [0.25, 0.3) is 11.4 Å². The van der Waals surface area contributed by atoms with Gasteiger partial charge < -0.3 is 9.88 Å². The van der Waals surface area contributed by atoms with Gasteiger partial charge >= 0.3 is 0 Å². The Balaban J connectivity index is 2.33. The monoisotopic (exact) mass is 279 g/mol. The Labute approximate surface area is 104 Å². The third-order valence-corrected chi connectivity index (χ3v) is 3.12. The number of halogens is 1. The normalized spacial score (nSPS) is 10.6. The highest BCUT2D eigenvalue weighted by Gasteiger charge is 2.08. The minimum atomic E-state index is 0.924. The van der Waals surface area contributed by atoms with Crippen LogP contribution >= 0.6 is 15.9 Å². The molecule has 0 amide bonds. The Kier molecular flexibility index (Phi) is 3.74. The number of imidazole rings is 1. The molecule has 16 heavy (non-hydrogen) atoms. The second-order valence-corrected chi connectivity index (χ2v) is 4.38. The van der Waals surface area contributed by atoms with Gasteiger partial charge in [0, 0.05) is 35.5 Å². The zero-order chi connectivity index (χ0) is 11.4. The van der Waals surface area contributed by atoms with Gasteiger partial charge in [-0.15, -0.1) is 0 Å². The fourth-order valence-corrected chi connectivity index (χ4v) is 2.07. The van der Waals surface area contributed by atoms with Gasteiger partial charge in [0.25, 0.3) is 0 Å². The Morgan fingerprint density at radius 1 is 1.38 bits per heavy atom. The molecule has 0 unspecified atom stereocenters. The van der Waals surface area contributed by atoms with Crippen molar-refractivity contribution in [3.63, 3.8) is 0 Å². The molecule has 0 saturated carbocycles. The molecule has 0 fully saturated rings. The zero-order valence-corrected chi connectivity index (χ0v) is 10.7. The van der Waals surface area contributed by atoms with Gasteiger partial charge in [-0.05, 0) is 13.1 Å². The molecule has 0 saturated heterocycles. The largest absolute Gasteiger partial charge is 0.330 e. The highest BCUT2D eigenvalue weighted by atomic mass is 79.9. The molecule has 84 valence electrons. The molecular weight excluding hydrogens is 266 g/mol. The first-order valence-corrected chi connectivity index (χ1v) is 6.03. The third kappa shape index (κ3) is 2.33. The van der Waals surface area contributed by atoms with Crippen molar-refractivity contribution in [1.82, 2.24) is 14.9 Å². The van der Waals surface area contributed by atoms with Crippen molar-refractivity contribution in [1.29, 1.82) is 0 Å². The van der Waals surface area contributed by atoms with Crippen LogP contribution in [0.5, 0.6) is 0 Å². The molecule has 1 N–H and O–H groups in total. The smallest absolute Gasteiger partial charge is 0.141 e. The Morgan fingerprint density at radius 2 is 2.19 bits per heavy atom. The van der Waals surface area contributed by atoms with Crippen molar-refractivity contribution in [3.8, 4) is 11.4 Å². The molecule has 0 radical (unpaired) electrons. The van der Waals surface area contributed by atoms with Gasteiger partial charge in [-0.2, -0.15) is 0 Å². The average Bonchev–Trinajstić information content (AvgIpc) is 2.75. The molecule has 4 heteroatoms. The van der Waals surface area contributed by atoms with Gasteiger partial charge in [0.15, 0.2) is 0 Å². The highest BCUT2D eigenvalue weighted by molar-refractivity contribution is 9.10. The van der Waals surface area contributed by atoms with Crippen LogP contribution in [0.4, 0.5) is 0 Å². The van der Waals surface area contributed by atoms with E-state index in [4.69, 9.17) is 0 Å². The van der Waals surface area contributed by atoms with E-state index in [-0.39, 0.29) is 0 Å². The topological polar surface area (TPSA) is 29.9 Å². The lowest BCUT2D eigenvalue weighted by Crippen LogP contribution is -2.15. The predicted octanol–water partition coefficient (Wildman–Crippen LogP) is 2.53. The van der Waals surface area contributed by atoms with E-state index in [0.717, 1.165) is 29.0 Å². The van der Waals surface area contributed by atoms with Crippen molar-refractivity contribution < 1.29 is 0 Å². The van der Waals surface area contributed by atoms with E-state index < -0.39 is 0 Å². The average molecular weight is 280 g/mol. The zero-order valence-electron chi connectivity index (χ0n) is 9.15.